The SMILES string of the molecule is Clc1cc(Br)ccc1C1CC1CBr. The summed E-state index contributed by atoms with van der Waals surface area (Å²) in [5, 5.41) is 1.98. The maximum Gasteiger partial charge on any atom is 0.0452 e. The number of alkyl halides is 1. The highest BCUT2D eigenvalue weighted by molar-refractivity contribution is 9.10. The molecule has 0 bridgehead atoms. The minimum Gasteiger partial charge on any atom is -0.0925 e. The molecule has 1 saturated carbocycles. The van der Waals surface area contributed by atoms with Crippen LogP contribution in [0.15, 0.2) is 22.7 Å². The van der Waals surface area contributed by atoms with Crippen LogP contribution in [0.2, 0.25) is 5.02 Å². The van der Waals surface area contributed by atoms with Gasteiger partial charge in [-0.05, 0) is 36.0 Å². The minimum atomic E-state index is 0.681. The third kappa shape index (κ3) is 2.11. The van der Waals surface area contributed by atoms with E-state index >= 15 is 0 Å². The first-order valence-corrected chi connectivity index (χ1v) is 6.52. The predicted molar refractivity (Wildman–Crippen MR) is 63.8 cm³/mol. The summed E-state index contributed by atoms with van der Waals surface area (Å²) in [5.74, 6) is 1.47. The second kappa shape index (κ2) is 3.92. The van der Waals surface area contributed by atoms with E-state index in [-0.39, 0.29) is 0 Å². The van der Waals surface area contributed by atoms with Crippen LogP contribution in [0.25, 0.3) is 0 Å². The zero-order valence-corrected chi connectivity index (χ0v) is 10.9. The molecule has 2 atom stereocenters. The zero-order chi connectivity index (χ0) is 9.42. The lowest BCUT2D eigenvalue weighted by molar-refractivity contribution is 0.936. The van der Waals surface area contributed by atoms with Crippen molar-refractivity contribution in [1.82, 2.24) is 0 Å². The molecule has 1 aliphatic rings. The number of halogens is 3. The molecule has 1 aromatic carbocycles. The Bertz CT molecular complexity index is 325. The van der Waals surface area contributed by atoms with E-state index in [0.717, 1.165) is 20.7 Å². The van der Waals surface area contributed by atoms with Crippen molar-refractivity contribution < 1.29 is 0 Å². The summed E-state index contributed by atoms with van der Waals surface area (Å²) in [6, 6.07) is 6.16. The molecular formula is C10H9Br2Cl. The van der Waals surface area contributed by atoms with E-state index in [4.69, 9.17) is 11.6 Å². The van der Waals surface area contributed by atoms with E-state index in [1.807, 2.05) is 6.07 Å². The lowest BCUT2D eigenvalue weighted by Crippen LogP contribution is -1.85. The van der Waals surface area contributed by atoms with Crippen molar-refractivity contribution in [1.29, 1.82) is 0 Å². The Morgan fingerprint density at radius 1 is 1.46 bits per heavy atom. The average Bonchev–Trinajstić information content (AvgIpc) is 2.83. The number of benzene rings is 1. The third-order valence-corrected chi connectivity index (χ3v) is 4.13. The molecule has 0 saturated heterocycles. The molecule has 1 aromatic rings. The first kappa shape index (κ1) is 10.0. The van der Waals surface area contributed by atoms with Gasteiger partial charge in [0.2, 0.25) is 0 Å². The van der Waals surface area contributed by atoms with Crippen molar-refractivity contribution in [2.24, 2.45) is 5.92 Å². The molecule has 0 N–H and O–H groups in total. The Hall–Kier alpha value is 0.470. The fraction of sp³-hybridized carbons (Fsp3) is 0.400. The van der Waals surface area contributed by atoms with Crippen LogP contribution in [-0.4, -0.2) is 5.33 Å². The number of rotatable bonds is 2. The van der Waals surface area contributed by atoms with E-state index < -0.39 is 0 Å². The molecule has 0 amide bonds. The van der Waals surface area contributed by atoms with E-state index in [9.17, 15) is 0 Å². The van der Waals surface area contributed by atoms with Crippen LogP contribution >= 0.6 is 43.5 Å². The van der Waals surface area contributed by atoms with E-state index in [1.165, 1.54) is 12.0 Å². The summed E-state index contributed by atoms with van der Waals surface area (Å²) >= 11 is 13.0. The Morgan fingerprint density at radius 3 is 2.77 bits per heavy atom. The number of hydrogen-bond acceptors (Lipinski definition) is 0. The molecule has 0 radical (unpaired) electrons. The molecule has 3 heteroatoms. The smallest absolute Gasteiger partial charge is 0.0452 e. The van der Waals surface area contributed by atoms with Crippen molar-refractivity contribution in [2.45, 2.75) is 12.3 Å². The Kier molecular flexibility index (Phi) is 3.01. The maximum atomic E-state index is 6.14. The summed E-state index contributed by atoms with van der Waals surface area (Å²) in [6.07, 6.45) is 1.27. The average molecular weight is 324 g/mol. The van der Waals surface area contributed by atoms with Crippen LogP contribution in [0.4, 0.5) is 0 Å². The van der Waals surface area contributed by atoms with Gasteiger partial charge in [0.1, 0.15) is 0 Å². The van der Waals surface area contributed by atoms with Gasteiger partial charge in [0.05, 0.1) is 0 Å². The quantitative estimate of drug-likeness (QED) is 0.697. The van der Waals surface area contributed by atoms with Gasteiger partial charge in [-0.15, -0.1) is 0 Å². The highest BCUT2D eigenvalue weighted by Gasteiger charge is 2.38. The first-order valence-electron chi connectivity index (χ1n) is 4.23. The standard InChI is InChI=1S/C10H9Br2Cl/c11-5-6-3-9(6)8-2-1-7(12)4-10(8)13/h1-2,4,6,9H,3,5H2. The fourth-order valence-electron chi connectivity index (χ4n) is 1.60. The molecule has 0 aliphatic heterocycles. The lowest BCUT2D eigenvalue weighted by atomic mass is 10.1. The van der Waals surface area contributed by atoms with Crippen LogP contribution in [0, 0.1) is 5.92 Å². The van der Waals surface area contributed by atoms with Gasteiger partial charge >= 0.3 is 0 Å². The van der Waals surface area contributed by atoms with Gasteiger partial charge in [0, 0.05) is 14.8 Å². The largest absolute Gasteiger partial charge is 0.0925 e. The van der Waals surface area contributed by atoms with Crippen LogP contribution in [0.3, 0.4) is 0 Å². The van der Waals surface area contributed by atoms with Gasteiger partial charge in [-0.3, -0.25) is 0 Å². The van der Waals surface area contributed by atoms with E-state index in [0.29, 0.717) is 5.92 Å². The molecule has 0 nitrogen and oxygen atoms in total. The molecular weight excluding hydrogens is 315 g/mol. The Balaban J connectivity index is 2.22. The van der Waals surface area contributed by atoms with Crippen molar-refractivity contribution in [2.75, 3.05) is 5.33 Å². The fourth-order valence-corrected chi connectivity index (χ4v) is 3.13. The summed E-state index contributed by atoms with van der Waals surface area (Å²) in [5.41, 5.74) is 1.30. The molecule has 0 spiro atoms. The lowest BCUT2D eigenvalue weighted by Gasteiger charge is -2.02. The molecule has 2 unspecified atom stereocenters. The van der Waals surface area contributed by atoms with Gasteiger partial charge in [-0.1, -0.05) is 49.5 Å². The van der Waals surface area contributed by atoms with Gasteiger partial charge in [-0.25, -0.2) is 0 Å². The van der Waals surface area contributed by atoms with Crippen LogP contribution in [0.5, 0.6) is 0 Å². The van der Waals surface area contributed by atoms with Crippen molar-refractivity contribution >= 4 is 43.5 Å². The Labute approximate surface area is 99.9 Å². The predicted octanol–water partition coefficient (Wildman–Crippen LogP) is 4.60. The summed E-state index contributed by atoms with van der Waals surface area (Å²) in [7, 11) is 0. The van der Waals surface area contributed by atoms with Crippen LogP contribution in [0.1, 0.15) is 17.9 Å². The van der Waals surface area contributed by atoms with E-state index in [2.05, 4.69) is 44.0 Å². The summed E-state index contributed by atoms with van der Waals surface area (Å²) in [6.45, 7) is 0. The highest BCUT2D eigenvalue weighted by atomic mass is 79.9. The molecule has 0 heterocycles. The van der Waals surface area contributed by atoms with Crippen molar-refractivity contribution in [3.63, 3.8) is 0 Å². The molecule has 70 valence electrons. The second-order valence-electron chi connectivity index (χ2n) is 3.42. The molecule has 0 aromatic heterocycles. The molecule has 1 fully saturated rings. The summed E-state index contributed by atoms with van der Waals surface area (Å²) in [4.78, 5) is 0. The minimum absolute atomic E-state index is 0.681. The van der Waals surface area contributed by atoms with Gasteiger partial charge in [0.15, 0.2) is 0 Å². The normalized spacial score (nSPS) is 26.1. The topological polar surface area (TPSA) is 0 Å². The molecule has 1 aliphatic carbocycles. The van der Waals surface area contributed by atoms with Crippen molar-refractivity contribution in [3.8, 4) is 0 Å². The number of hydrogen-bond donors (Lipinski definition) is 0. The molecule has 2 rings (SSSR count). The van der Waals surface area contributed by atoms with Crippen LogP contribution in [-0.2, 0) is 0 Å². The Morgan fingerprint density at radius 2 is 2.23 bits per heavy atom. The third-order valence-electron chi connectivity index (χ3n) is 2.48. The van der Waals surface area contributed by atoms with Gasteiger partial charge < -0.3 is 0 Å². The highest BCUT2D eigenvalue weighted by Crippen LogP contribution is 2.50. The van der Waals surface area contributed by atoms with Gasteiger partial charge in [-0.2, -0.15) is 0 Å². The maximum absolute atomic E-state index is 6.14. The second-order valence-corrected chi connectivity index (χ2v) is 5.39. The van der Waals surface area contributed by atoms with E-state index in [1.54, 1.807) is 0 Å². The zero-order valence-electron chi connectivity index (χ0n) is 6.93. The monoisotopic (exact) mass is 322 g/mol. The summed E-state index contributed by atoms with van der Waals surface area (Å²) < 4.78 is 1.05. The first-order chi connectivity index (χ1) is 6.22. The van der Waals surface area contributed by atoms with Crippen LogP contribution < -0.4 is 0 Å². The van der Waals surface area contributed by atoms with Gasteiger partial charge in [0.25, 0.3) is 0 Å². The van der Waals surface area contributed by atoms with Crippen molar-refractivity contribution in [3.05, 3.63) is 33.3 Å². The molecule has 13 heavy (non-hydrogen) atoms.